The molecule has 1 saturated heterocycles. The maximum Gasteiger partial charge on any atom is 0.309 e. The van der Waals surface area contributed by atoms with Crippen LogP contribution in [-0.4, -0.2) is 62.3 Å². The van der Waals surface area contributed by atoms with E-state index in [1.807, 2.05) is 20.8 Å². The number of carbonyl (C=O) groups is 2. The minimum atomic E-state index is -1.31. The maximum atomic E-state index is 14.0. The minimum absolute atomic E-state index is 0.0473. The van der Waals surface area contributed by atoms with Gasteiger partial charge in [-0.05, 0) is 69.4 Å². The topological polar surface area (TPSA) is 137 Å². The Kier molecular flexibility index (Phi) is 10.7. The second-order valence-corrected chi connectivity index (χ2v) is 12.8. The van der Waals surface area contributed by atoms with Gasteiger partial charge in [-0.1, -0.05) is 34.1 Å². The Morgan fingerprint density at radius 1 is 1.17 bits per heavy atom. The molecule has 0 unspecified atom stereocenters. The summed E-state index contributed by atoms with van der Waals surface area (Å²) in [6.45, 7) is 12.5. The molecule has 1 aromatic heterocycles. The van der Waals surface area contributed by atoms with E-state index in [0.717, 1.165) is 6.42 Å². The van der Waals surface area contributed by atoms with Crippen LogP contribution in [-0.2, 0) is 19.1 Å². The molecule has 1 aliphatic rings. The molecular formula is C32H46FN3O6. The molecule has 4 N–H and O–H groups in total. The van der Waals surface area contributed by atoms with Gasteiger partial charge in [-0.3, -0.25) is 9.59 Å². The van der Waals surface area contributed by atoms with Crippen molar-refractivity contribution < 1.29 is 33.7 Å². The molecule has 0 bridgehead atoms. The third-order valence-electron chi connectivity index (χ3n) is 8.42. The van der Waals surface area contributed by atoms with E-state index in [-0.39, 0.29) is 24.0 Å². The predicted octanol–water partition coefficient (Wildman–Crippen LogP) is 4.87. The maximum absolute atomic E-state index is 14.0. The number of aliphatic hydroxyl groups is 2. The predicted molar refractivity (Wildman–Crippen MR) is 159 cm³/mol. The molecule has 0 radical (unpaired) electrons. The van der Waals surface area contributed by atoms with Gasteiger partial charge < -0.3 is 25.4 Å². The van der Waals surface area contributed by atoms with Crippen molar-refractivity contribution in [2.24, 2.45) is 17.3 Å². The largest absolute Gasteiger partial charge is 0.455 e. The number of ether oxygens (including phenoxy) is 2. The minimum Gasteiger partial charge on any atom is -0.455 e. The summed E-state index contributed by atoms with van der Waals surface area (Å²) in [4.78, 5) is 26.4. The fourth-order valence-electron chi connectivity index (χ4n) is 5.21. The Bertz CT molecular complexity index is 1290. The number of esters is 1. The van der Waals surface area contributed by atoms with Crippen molar-refractivity contribution in [2.45, 2.75) is 98.1 Å². The normalized spacial score (nSPS) is 28.3. The van der Waals surface area contributed by atoms with Crippen molar-refractivity contribution in [3.05, 3.63) is 47.5 Å². The van der Waals surface area contributed by atoms with Crippen molar-refractivity contribution in [1.82, 2.24) is 9.78 Å². The highest BCUT2D eigenvalue weighted by Crippen LogP contribution is 2.33. The number of ketones is 1. The summed E-state index contributed by atoms with van der Waals surface area (Å²) in [6, 6.07) is 6.17. The van der Waals surface area contributed by atoms with Crippen LogP contribution in [0.25, 0.3) is 11.8 Å². The van der Waals surface area contributed by atoms with E-state index < -0.39 is 53.5 Å². The molecule has 232 valence electrons. The molecule has 1 aromatic carbocycles. The van der Waals surface area contributed by atoms with Gasteiger partial charge >= 0.3 is 5.97 Å². The average Bonchev–Trinajstić information content (AvgIpc) is 3.38. The van der Waals surface area contributed by atoms with E-state index in [1.165, 1.54) is 16.8 Å². The van der Waals surface area contributed by atoms with Crippen molar-refractivity contribution in [3.8, 4) is 5.69 Å². The highest BCUT2D eigenvalue weighted by Gasteiger charge is 2.42. The molecule has 9 nitrogen and oxygen atoms in total. The van der Waals surface area contributed by atoms with Crippen LogP contribution in [0.3, 0.4) is 0 Å². The van der Waals surface area contributed by atoms with Gasteiger partial charge in [0.25, 0.3) is 0 Å². The number of aliphatic hydroxyl groups excluding tert-OH is 2. The molecule has 0 aliphatic carbocycles. The number of hydrogen-bond acceptors (Lipinski definition) is 8. The summed E-state index contributed by atoms with van der Waals surface area (Å²) >= 11 is 0. The Hall–Kier alpha value is -3.08. The van der Waals surface area contributed by atoms with Crippen molar-refractivity contribution in [1.29, 1.82) is 0 Å². The highest BCUT2D eigenvalue weighted by molar-refractivity contribution is 5.88. The molecule has 1 aliphatic heterocycles. The SMILES string of the molecule is C/C(=C\c1ccn(-c2ccc(N)c(F)c2)n1)[C@@H]1COC(C)(C)CCC[C@H](C)[C@H](O)[C@@H](C)C(=O)C(C)(C)[C@@H](O)CC(=O)O1. The third kappa shape index (κ3) is 8.26. The number of carbonyl (C=O) groups excluding carboxylic acids is 2. The van der Waals surface area contributed by atoms with Crippen LogP contribution in [0.1, 0.15) is 79.8 Å². The average molecular weight is 588 g/mol. The third-order valence-corrected chi connectivity index (χ3v) is 8.42. The summed E-state index contributed by atoms with van der Waals surface area (Å²) in [5.74, 6) is -2.37. The van der Waals surface area contributed by atoms with Gasteiger partial charge in [-0.2, -0.15) is 5.10 Å². The molecule has 0 amide bonds. The Morgan fingerprint density at radius 2 is 1.86 bits per heavy atom. The van der Waals surface area contributed by atoms with Crippen LogP contribution in [0.15, 0.2) is 36.0 Å². The Morgan fingerprint density at radius 3 is 2.52 bits per heavy atom. The number of anilines is 1. The number of aromatic nitrogens is 2. The second kappa shape index (κ2) is 13.5. The van der Waals surface area contributed by atoms with E-state index in [9.17, 15) is 24.2 Å². The fraction of sp³-hybridized carbons (Fsp3) is 0.594. The number of nitrogens with two attached hydrogens (primary N) is 1. The van der Waals surface area contributed by atoms with Crippen LogP contribution < -0.4 is 5.73 Å². The number of cyclic esters (lactones) is 1. The van der Waals surface area contributed by atoms with Crippen molar-refractivity contribution >= 4 is 23.5 Å². The van der Waals surface area contributed by atoms with E-state index >= 15 is 0 Å². The number of benzene rings is 1. The van der Waals surface area contributed by atoms with E-state index in [1.54, 1.807) is 52.1 Å². The van der Waals surface area contributed by atoms with Gasteiger partial charge in [0.2, 0.25) is 0 Å². The van der Waals surface area contributed by atoms with Crippen molar-refractivity contribution in [3.63, 3.8) is 0 Å². The molecule has 1 fully saturated rings. The number of nitrogen functional groups attached to an aromatic ring is 1. The summed E-state index contributed by atoms with van der Waals surface area (Å²) < 4.78 is 27.5. The lowest BCUT2D eigenvalue weighted by molar-refractivity contribution is -0.159. The van der Waals surface area contributed by atoms with Crippen LogP contribution in [0, 0.1) is 23.1 Å². The second-order valence-electron chi connectivity index (χ2n) is 12.8. The van der Waals surface area contributed by atoms with Crippen LogP contribution >= 0.6 is 0 Å². The lowest BCUT2D eigenvalue weighted by Crippen LogP contribution is -2.46. The zero-order valence-electron chi connectivity index (χ0n) is 25.8. The number of Topliss-reactive ketones (excluding diaryl/α,β-unsaturated/α-hetero) is 1. The highest BCUT2D eigenvalue weighted by atomic mass is 19.1. The molecule has 2 aromatic rings. The van der Waals surface area contributed by atoms with E-state index in [2.05, 4.69) is 5.10 Å². The number of nitrogens with zero attached hydrogens (tertiary/aromatic N) is 2. The molecule has 0 spiro atoms. The first-order chi connectivity index (χ1) is 19.5. The monoisotopic (exact) mass is 587 g/mol. The fourth-order valence-corrected chi connectivity index (χ4v) is 5.21. The number of rotatable bonds is 3. The number of halogens is 1. The van der Waals surface area contributed by atoms with Gasteiger partial charge in [-0.25, -0.2) is 9.07 Å². The van der Waals surface area contributed by atoms with Crippen LogP contribution in [0.2, 0.25) is 0 Å². The summed E-state index contributed by atoms with van der Waals surface area (Å²) in [5, 5.41) is 26.3. The first kappa shape index (κ1) is 33.4. The lowest BCUT2D eigenvalue weighted by Gasteiger charge is -2.35. The Balaban J connectivity index is 1.87. The molecular weight excluding hydrogens is 541 g/mol. The van der Waals surface area contributed by atoms with Crippen LogP contribution in [0.5, 0.6) is 0 Å². The smallest absolute Gasteiger partial charge is 0.309 e. The summed E-state index contributed by atoms with van der Waals surface area (Å²) in [5.41, 5.74) is 5.53. The molecule has 2 heterocycles. The molecule has 10 heteroatoms. The first-order valence-corrected chi connectivity index (χ1v) is 14.5. The molecule has 3 rings (SSSR count). The van der Waals surface area contributed by atoms with Gasteiger partial charge in [0.15, 0.2) is 0 Å². The van der Waals surface area contributed by atoms with Gasteiger partial charge in [0.05, 0.1) is 53.3 Å². The van der Waals surface area contributed by atoms with E-state index in [0.29, 0.717) is 29.8 Å². The van der Waals surface area contributed by atoms with E-state index in [4.69, 9.17) is 15.2 Å². The first-order valence-electron chi connectivity index (χ1n) is 14.5. The van der Waals surface area contributed by atoms with Gasteiger partial charge in [0, 0.05) is 18.2 Å². The quantitative estimate of drug-likeness (QED) is 0.342. The van der Waals surface area contributed by atoms with Gasteiger partial charge in [0.1, 0.15) is 17.7 Å². The Labute approximate surface area is 247 Å². The standard InChI is InChI=1S/C32H46FN3O6/c1-19-9-8-13-31(4,5)41-18-26(42-28(38)17-27(37)32(6,7)30(40)21(3)29(19)39)20(2)15-22-12-14-36(35-22)23-10-11-25(34)24(33)16-23/h10-12,14-16,19,21,26-27,29,37,39H,8-9,13,17-18,34H2,1-7H3/b20-15+/t19-,21+,26-,27-,29-/m0/s1. The molecule has 5 atom stereocenters. The summed E-state index contributed by atoms with van der Waals surface area (Å²) in [6.07, 6.45) is 2.24. The molecule has 0 saturated carbocycles. The summed E-state index contributed by atoms with van der Waals surface area (Å²) in [7, 11) is 0. The molecule has 42 heavy (non-hydrogen) atoms. The van der Waals surface area contributed by atoms with Gasteiger partial charge in [-0.15, -0.1) is 0 Å². The lowest BCUT2D eigenvalue weighted by atomic mass is 9.73. The van der Waals surface area contributed by atoms with Crippen LogP contribution in [0.4, 0.5) is 10.1 Å². The zero-order chi connectivity index (χ0) is 31.4. The van der Waals surface area contributed by atoms with Crippen molar-refractivity contribution in [2.75, 3.05) is 12.3 Å². The zero-order valence-corrected chi connectivity index (χ0v) is 25.8. The number of hydrogen-bond donors (Lipinski definition) is 3.